The molecule has 0 aliphatic carbocycles. The third kappa shape index (κ3) is 9.51. The number of unbranched alkanes of at least 4 members (excludes halogenated alkanes) is 2. The van der Waals surface area contributed by atoms with Crippen molar-refractivity contribution in [2.75, 3.05) is 18.8 Å². The molecule has 1 aromatic rings. The second-order valence-electron chi connectivity index (χ2n) is 8.72. The van der Waals surface area contributed by atoms with Gasteiger partial charge in [0.2, 0.25) is 11.8 Å². The van der Waals surface area contributed by atoms with E-state index >= 15 is 0 Å². The normalized spacial score (nSPS) is 13.1. The molecule has 0 aliphatic rings. The number of thiol groups is 1. The molecule has 3 amide bonds. The Balaban J connectivity index is 3.15. The molecular weight excluding hydrogens is 426 g/mol. The highest BCUT2D eigenvalue weighted by atomic mass is 32.1. The highest BCUT2D eigenvalue weighted by Gasteiger charge is 2.35. The van der Waals surface area contributed by atoms with E-state index in [-0.39, 0.29) is 17.6 Å². The Labute approximate surface area is 198 Å². The summed E-state index contributed by atoms with van der Waals surface area (Å²) in [6, 6.07) is 7.51. The number of carbonyl (C=O) groups is 3. The largest absolute Gasteiger partial charge is 0.444 e. The summed E-state index contributed by atoms with van der Waals surface area (Å²) in [6.45, 7) is 10.2. The minimum absolute atomic E-state index is 0.0813. The predicted molar refractivity (Wildman–Crippen MR) is 131 cm³/mol. The van der Waals surface area contributed by atoms with Gasteiger partial charge in [-0.2, -0.15) is 12.6 Å². The molecule has 0 aromatic heterocycles. The van der Waals surface area contributed by atoms with E-state index < -0.39 is 23.8 Å². The zero-order valence-corrected chi connectivity index (χ0v) is 20.9. The zero-order valence-electron chi connectivity index (χ0n) is 20.0. The van der Waals surface area contributed by atoms with Crippen LogP contribution < -0.4 is 10.6 Å². The van der Waals surface area contributed by atoms with Crippen molar-refractivity contribution >= 4 is 30.5 Å². The molecule has 2 N–H and O–H groups in total. The first-order chi connectivity index (χ1) is 15.1. The second-order valence-corrected chi connectivity index (χ2v) is 9.09. The number of carbonyl (C=O) groups excluding carboxylic acids is 3. The van der Waals surface area contributed by atoms with E-state index in [4.69, 9.17) is 4.74 Å². The van der Waals surface area contributed by atoms with Crippen LogP contribution in [0.5, 0.6) is 0 Å². The summed E-state index contributed by atoms with van der Waals surface area (Å²) in [7, 11) is 0. The third-order valence-electron chi connectivity index (χ3n) is 4.67. The van der Waals surface area contributed by atoms with Gasteiger partial charge in [-0.25, -0.2) is 4.79 Å². The standard InChI is InChI=1S/C24H39N3O4S/c1-6-8-12-15-25-21(28)20(18-13-10-9-11-14-18)27(16-7-2)22(29)19(17-32)26-23(30)31-24(3,4)5/h9-11,13-14,19-20,32H,6-8,12,15-17H2,1-5H3,(H,25,28)(H,26,30). The van der Waals surface area contributed by atoms with Crippen LogP contribution in [0.15, 0.2) is 30.3 Å². The van der Waals surface area contributed by atoms with E-state index in [9.17, 15) is 14.4 Å². The summed E-state index contributed by atoms with van der Waals surface area (Å²) >= 11 is 4.27. The fourth-order valence-corrected chi connectivity index (χ4v) is 3.48. The van der Waals surface area contributed by atoms with Crippen LogP contribution in [-0.4, -0.2) is 53.3 Å². The maximum absolute atomic E-state index is 13.5. The third-order valence-corrected chi connectivity index (χ3v) is 5.04. The van der Waals surface area contributed by atoms with Crippen molar-refractivity contribution in [1.82, 2.24) is 15.5 Å². The molecule has 180 valence electrons. The molecule has 0 spiro atoms. The Morgan fingerprint density at radius 3 is 2.25 bits per heavy atom. The van der Waals surface area contributed by atoms with Crippen LogP contribution in [0.4, 0.5) is 4.79 Å². The lowest BCUT2D eigenvalue weighted by Crippen LogP contribution is -2.54. The van der Waals surface area contributed by atoms with E-state index in [2.05, 4.69) is 30.2 Å². The predicted octanol–water partition coefficient (Wildman–Crippen LogP) is 4.10. The average molecular weight is 466 g/mol. The molecule has 0 saturated heterocycles. The molecule has 2 atom stereocenters. The first kappa shape index (κ1) is 27.8. The lowest BCUT2D eigenvalue weighted by Gasteiger charge is -2.34. The van der Waals surface area contributed by atoms with Crippen LogP contribution >= 0.6 is 12.6 Å². The van der Waals surface area contributed by atoms with E-state index in [0.717, 1.165) is 24.8 Å². The van der Waals surface area contributed by atoms with Crippen LogP contribution in [0, 0.1) is 0 Å². The lowest BCUT2D eigenvalue weighted by atomic mass is 10.0. The Kier molecular flexibility index (Phi) is 12.2. The van der Waals surface area contributed by atoms with Gasteiger partial charge in [-0.05, 0) is 39.2 Å². The maximum Gasteiger partial charge on any atom is 0.408 e. The summed E-state index contributed by atoms with van der Waals surface area (Å²) in [4.78, 5) is 40.5. The zero-order chi connectivity index (χ0) is 24.1. The first-order valence-corrected chi connectivity index (χ1v) is 12.0. The SMILES string of the molecule is CCCCCNC(=O)C(c1ccccc1)N(CCC)C(=O)C(CS)NC(=O)OC(C)(C)C. The van der Waals surface area contributed by atoms with Gasteiger partial charge in [0.25, 0.3) is 0 Å². The topological polar surface area (TPSA) is 87.7 Å². The number of amides is 3. The average Bonchev–Trinajstić information content (AvgIpc) is 2.73. The fourth-order valence-electron chi connectivity index (χ4n) is 3.23. The van der Waals surface area contributed by atoms with E-state index in [1.165, 1.54) is 4.90 Å². The molecule has 0 aliphatic heterocycles. The number of ether oxygens (including phenoxy) is 1. The number of nitrogens with one attached hydrogen (secondary N) is 2. The second kappa shape index (κ2) is 14.0. The number of hydrogen-bond acceptors (Lipinski definition) is 5. The number of hydrogen-bond donors (Lipinski definition) is 3. The van der Waals surface area contributed by atoms with Crippen molar-refractivity contribution < 1.29 is 19.1 Å². The van der Waals surface area contributed by atoms with Crippen molar-refractivity contribution in [3.05, 3.63) is 35.9 Å². The molecule has 0 saturated carbocycles. The molecule has 0 heterocycles. The number of alkyl carbamates (subject to hydrolysis) is 1. The van der Waals surface area contributed by atoms with Gasteiger partial charge in [0.1, 0.15) is 17.7 Å². The Morgan fingerprint density at radius 1 is 1.06 bits per heavy atom. The molecule has 7 nitrogen and oxygen atoms in total. The van der Waals surface area contributed by atoms with Crippen LogP contribution in [0.1, 0.15) is 71.9 Å². The quantitative estimate of drug-likeness (QED) is 0.320. The summed E-state index contributed by atoms with van der Waals surface area (Å²) in [5.41, 5.74) is 0.0278. The Morgan fingerprint density at radius 2 is 1.72 bits per heavy atom. The van der Waals surface area contributed by atoms with Gasteiger partial charge in [0.15, 0.2) is 0 Å². The Bertz CT molecular complexity index is 722. The number of benzene rings is 1. The molecule has 1 aromatic carbocycles. The molecule has 0 bridgehead atoms. The number of rotatable bonds is 12. The molecule has 0 radical (unpaired) electrons. The van der Waals surface area contributed by atoms with E-state index in [1.807, 2.05) is 37.3 Å². The van der Waals surface area contributed by atoms with Gasteiger partial charge in [0.05, 0.1) is 0 Å². The van der Waals surface area contributed by atoms with Gasteiger partial charge in [0, 0.05) is 18.8 Å². The van der Waals surface area contributed by atoms with Gasteiger partial charge in [-0.1, -0.05) is 57.0 Å². The minimum atomic E-state index is -0.918. The molecule has 0 fully saturated rings. The highest BCUT2D eigenvalue weighted by molar-refractivity contribution is 7.80. The van der Waals surface area contributed by atoms with Crippen LogP contribution in [0.3, 0.4) is 0 Å². The van der Waals surface area contributed by atoms with Crippen molar-refractivity contribution in [3.8, 4) is 0 Å². The molecule has 1 rings (SSSR count). The van der Waals surface area contributed by atoms with E-state index in [0.29, 0.717) is 19.5 Å². The van der Waals surface area contributed by atoms with Gasteiger partial charge < -0.3 is 20.3 Å². The van der Waals surface area contributed by atoms with Crippen molar-refractivity contribution in [1.29, 1.82) is 0 Å². The lowest BCUT2D eigenvalue weighted by molar-refractivity contribution is -0.142. The van der Waals surface area contributed by atoms with E-state index in [1.54, 1.807) is 20.8 Å². The van der Waals surface area contributed by atoms with Gasteiger partial charge >= 0.3 is 6.09 Å². The summed E-state index contributed by atoms with van der Waals surface area (Å²) in [5, 5.41) is 5.58. The molecule has 32 heavy (non-hydrogen) atoms. The van der Waals surface area contributed by atoms with Gasteiger partial charge in [-0.15, -0.1) is 0 Å². The smallest absolute Gasteiger partial charge is 0.408 e. The van der Waals surface area contributed by atoms with Crippen molar-refractivity contribution in [3.63, 3.8) is 0 Å². The van der Waals surface area contributed by atoms with Crippen molar-refractivity contribution in [2.45, 2.75) is 78.0 Å². The summed E-state index contributed by atoms with van der Waals surface area (Å²) in [6.07, 6.45) is 2.92. The molecular formula is C24H39N3O4S. The first-order valence-electron chi connectivity index (χ1n) is 11.4. The maximum atomic E-state index is 13.5. The highest BCUT2D eigenvalue weighted by Crippen LogP contribution is 2.23. The Hall–Kier alpha value is -2.22. The minimum Gasteiger partial charge on any atom is -0.444 e. The summed E-state index contributed by atoms with van der Waals surface area (Å²) < 4.78 is 5.29. The van der Waals surface area contributed by atoms with Crippen LogP contribution in [-0.2, 0) is 14.3 Å². The van der Waals surface area contributed by atoms with Crippen molar-refractivity contribution in [2.24, 2.45) is 0 Å². The molecule has 2 unspecified atom stereocenters. The fraction of sp³-hybridized carbons (Fsp3) is 0.625. The monoisotopic (exact) mass is 465 g/mol. The van der Waals surface area contributed by atoms with Crippen LogP contribution in [0.25, 0.3) is 0 Å². The molecule has 8 heteroatoms. The summed E-state index contributed by atoms with van der Waals surface area (Å²) in [5.74, 6) is -0.521. The number of nitrogens with zero attached hydrogens (tertiary/aromatic N) is 1. The van der Waals surface area contributed by atoms with Crippen LogP contribution in [0.2, 0.25) is 0 Å². The van der Waals surface area contributed by atoms with Gasteiger partial charge in [-0.3, -0.25) is 9.59 Å².